The van der Waals surface area contributed by atoms with Crippen LogP contribution in [0.15, 0.2) is 18.2 Å². The Balaban J connectivity index is 1.58. The quantitative estimate of drug-likeness (QED) is 0.874. The number of fused-ring (bicyclic) bond motifs is 1. The maximum atomic E-state index is 12.4. The van der Waals surface area contributed by atoms with Crippen molar-refractivity contribution < 1.29 is 23.1 Å². The Bertz CT molecular complexity index is 692. The highest BCUT2D eigenvalue weighted by Gasteiger charge is 2.30. The van der Waals surface area contributed by atoms with E-state index in [4.69, 9.17) is 9.84 Å². The fourth-order valence-corrected chi connectivity index (χ4v) is 4.67. The van der Waals surface area contributed by atoms with Gasteiger partial charge in [0, 0.05) is 19.5 Å². The lowest BCUT2D eigenvalue weighted by Crippen LogP contribution is -2.41. The molecule has 0 aromatic heterocycles. The number of aliphatic carboxylic acids is 1. The van der Waals surface area contributed by atoms with E-state index in [1.54, 1.807) is 0 Å². The molecule has 0 radical (unpaired) electrons. The van der Waals surface area contributed by atoms with Crippen molar-refractivity contribution >= 4 is 16.0 Å². The van der Waals surface area contributed by atoms with Gasteiger partial charge in [0.2, 0.25) is 10.0 Å². The van der Waals surface area contributed by atoms with Crippen molar-refractivity contribution in [2.45, 2.75) is 25.7 Å². The van der Waals surface area contributed by atoms with Gasteiger partial charge >= 0.3 is 5.97 Å². The predicted octanol–water partition coefficient (Wildman–Crippen LogP) is 1.29. The number of hydrogen-bond donors (Lipinski definition) is 1. The summed E-state index contributed by atoms with van der Waals surface area (Å²) >= 11 is 0. The van der Waals surface area contributed by atoms with Crippen molar-refractivity contribution in [2.24, 2.45) is 5.92 Å². The average Bonchev–Trinajstić information content (AvgIpc) is 3.01. The Morgan fingerprint density at radius 1 is 1.30 bits per heavy atom. The molecule has 0 spiro atoms. The lowest BCUT2D eigenvalue weighted by Gasteiger charge is -2.29. The fourth-order valence-electron chi connectivity index (χ4n) is 3.15. The number of benzene rings is 1. The van der Waals surface area contributed by atoms with E-state index in [0.717, 1.165) is 23.3 Å². The summed E-state index contributed by atoms with van der Waals surface area (Å²) in [6.07, 6.45) is 2.13. The number of carbonyl (C=O) groups is 1. The number of nitrogens with zero attached hydrogens (tertiary/aromatic N) is 1. The van der Waals surface area contributed by atoms with Gasteiger partial charge in [0.25, 0.3) is 0 Å². The first-order valence-corrected chi connectivity index (χ1v) is 9.52. The van der Waals surface area contributed by atoms with Crippen molar-refractivity contribution in [3.05, 3.63) is 29.3 Å². The number of aryl methyl sites for hydroxylation is 1. The van der Waals surface area contributed by atoms with Gasteiger partial charge in [-0.25, -0.2) is 12.7 Å². The van der Waals surface area contributed by atoms with Crippen LogP contribution in [0.25, 0.3) is 0 Å². The molecule has 0 saturated carbocycles. The minimum Gasteiger partial charge on any atom is -0.493 e. The highest BCUT2D eigenvalue weighted by atomic mass is 32.2. The summed E-state index contributed by atoms with van der Waals surface area (Å²) in [4.78, 5) is 10.9. The normalized spacial score (nSPS) is 19.3. The van der Waals surface area contributed by atoms with E-state index in [1.807, 2.05) is 18.2 Å². The third kappa shape index (κ3) is 3.67. The Morgan fingerprint density at radius 2 is 2.04 bits per heavy atom. The molecule has 1 fully saturated rings. The van der Waals surface area contributed by atoms with Gasteiger partial charge < -0.3 is 9.84 Å². The summed E-state index contributed by atoms with van der Waals surface area (Å²) in [5.74, 6) is -0.294. The third-order valence-electron chi connectivity index (χ3n) is 4.60. The number of sulfonamides is 1. The third-order valence-corrected chi connectivity index (χ3v) is 6.47. The Morgan fingerprint density at radius 3 is 2.74 bits per heavy atom. The molecule has 3 rings (SSSR count). The van der Waals surface area contributed by atoms with E-state index < -0.39 is 21.9 Å². The standard InChI is InChI=1S/C16H21NO5S/c18-16(19)13-3-7-17(8-4-13)23(20,21)10-6-12-1-2-15-14(11-12)5-9-22-15/h1-2,11,13H,3-10H2,(H,18,19). The monoisotopic (exact) mass is 339 g/mol. The molecule has 2 heterocycles. The second-order valence-electron chi connectivity index (χ2n) is 6.12. The zero-order chi connectivity index (χ0) is 16.4. The molecule has 1 aromatic carbocycles. The van der Waals surface area contributed by atoms with E-state index in [-0.39, 0.29) is 5.75 Å². The van der Waals surface area contributed by atoms with Gasteiger partial charge in [-0.3, -0.25) is 4.79 Å². The van der Waals surface area contributed by atoms with E-state index in [0.29, 0.717) is 39.0 Å². The maximum absolute atomic E-state index is 12.4. The molecule has 0 amide bonds. The van der Waals surface area contributed by atoms with Crippen molar-refractivity contribution in [3.63, 3.8) is 0 Å². The van der Waals surface area contributed by atoms with Crippen LogP contribution in [0.1, 0.15) is 24.0 Å². The number of piperidine rings is 1. The number of ether oxygens (including phenoxy) is 1. The highest BCUT2D eigenvalue weighted by molar-refractivity contribution is 7.89. The number of carboxylic acids is 1. The molecule has 23 heavy (non-hydrogen) atoms. The molecule has 0 atom stereocenters. The van der Waals surface area contributed by atoms with Crippen LogP contribution in [0.5, 0.6) is 5.75 Å². The fraction of sp³-hybridized carbons (Fsp3) is 0.562. The summed E-state index contributed by atoms with van der Waals surface area (Å²) in [6.45, 7) is 1.30. The zero-order valence-corrected chi connectivity index (χ0v) is 13.7. The van der Waals surface area contributed by atoms with E-state index in [2.05, 4.69) is 0 Å². The molecule has 2 aliphatic heterocycles. The second-order valence-corrected chi connectivity index (χ2v) is 8.21. The van der Waals surface area contributed by atoms with Gasteiger partial charge in [-0.1, -0.05) is 12.1 Å². The molecular weight excluding hydrogens is 318 g/mol. The smallest absolute Gasteiger partial charge is 0.306 e. The zero-order valence-electron chi connectivity index (χ0n) is 12.9. The molecule has 1 saturated heterocycles. The highest BCUT2D eigenvalue weighted by Crippen LogP contribution is 2.26. The summed E-state index contributed by atoms with van der Waals surface area (Å²) in [5.41, 5.74) is 2.14. The SMILES string of the molecule is O=C(O)C1CCN(S(=O)(=O)CCc2ccc3c(c2)CCO3)CC1. The molecule has 1 N–H and O–H groups in total. The first kappa shape index (κ1) is 16.3. The predicted molar refractivity (Wildman–Crippen MR) is 85.1 cm³/mol. The summed E-state index contributed by atoms with van der Waals surface area (Å²) < 4.78 is 31.7. The number of hydrogen-bond acceptors (Lipinski definition) is 4. The van der Waals surface area contributed by atoms with Gasteiger partial charge in [0.1, 0.15) is 5.75 Å². The first-order valence-electron chi connectivity index (χ1n) is 7.91. The van der Waals surface area contributed by atoms with Gasteiger partial charge in [-0.15, -0.1) is 0 Å². The topological polar surface area (TPSA) is 83.9 Å². The minimum atomic E-state index is -3.34. The van der Waals surface area contributed by atoms with Crippen molar-refractivity contribution in [1.29, 1.82) is 0 Å². The van der Waals surface area contributed by atoms with Crippen molar-refractivity contribution in [1.82, 2.24) is 4.31 Å². The molecule has 2 aliphatic rings. The van der Waals surface area contributed by atoms with E-state index >= 15 is 0 Å². The van der Waals surface area contributed by atoms with Crippen LogP contribution in [0.4, 0.5) is 0 Å². The Hall–Kier alpha value is -1.60. The summed E-state index contributed by atoms with van der Waals surface area (Å²) in [6, 6.07) is 5.84. The molecule has 6 nitrogen and oxygen atoms in total. The van der Waals surface area contributed by atoms with Crippen LogP contribution < -0.4 is 4.74 Å². The Labute approximate surface area is 136 Å². The van der Waals surface area contributed by atoms with Crippen LogP contribution >= 0.6 is 0 Å². The molecular formula is C16H21NO5S. The first-order chi connectivity index (χ1) is 11.0. The van der Waals surface area contributed by atoms with E-state index in [9.17, 15) is 13.2 Å². The molecule has 0 unspecified atom stereocenters. The lowest BCUT2D eigenvalue weighted by atomic mass is 9.99. The van der Waals surface area contributed by atoms with Crippen LogP contribution in [0.3, 0.4) is 0 Å². The molecule has 0 aliphatic carbocycles. The largest absolute Gasteiger partial charge is 0.493 e. The van der Waals surface area contributed by atoms with Gasteiger partial charge in [0.15, 0.2) is 0 Å². The van der Waals surface area contributed by atoms with Crippen LogP contribution in [-0.4, -0.2) is 49.2 Å². The van der Waals surface area contributed by atoms with Crippen LogP contribution in [0.2, 0.25) is 0 Å². The lowest BCUT2D eigenvalue weighted by molar-refractivity contribution is -0.142. The average molecular weight is 339 g/mol. The van der Waals surface area contributed by atoms with Gasteiger partial charge in [-0.05, 0) is 36.5 Å². The minimum absolute atomic E-state index is 0.0599. The number of rotatable bonds is 5. The molecule has 1 aromatic rings. The Kier molecular flexibility index (Phi) is 4.59. The van der Waals surface area contributed by atoms with E-state index in [1.165, 1.54) is 4.31 Å². The molecule has 7 heteroatoms. The summed E-state index contributed by atoms with van der Waals surface area (Å²) in [5, 5.41) is 8.98. The van der Waals surface area contributed by atoms with Gasteiger partial charge in [0.05, 0.1) is 18.3 Å². The van der Waals surface area contributed by atoms with Crippen LogP contribution in [0, 0.1) is 5.92 Å². The number of carboxylic acid groups (broad SMARTS) is 1. The van der Waals surface area contributed by atoms with Crippen molar-refractivity contribution in [3.8, 4) is 5.75 Å². The van der Waals surface area contributed by atoms with Crippen LogP contribution in [-0.2, 0) is 27.7 Å². The second kappa shape index (κ2) is 6.49. The van der Waals surface area contributed by atoms with Gasteiger partial charge in [-0.2, -0.15) is 0 Å². The maximum Gasteiger partial charge on any atom is 0.306 e. The molecule has 126 valence electrons. The molecule has 0 bridgehead atoms. The van der Waals surface area contributed by atoms with Crippen molar-refractivity contribution in [2.75, 3.05) is 25.4 Å². The summed E-state index contributed by atoms with van der Waals surface area (Å²) in [7, 11) is -3.34.